The van der Waals surface area contributed by atoms with E-state index in [0.29, 0.717) is 5.28 Å². The van der Waals surface area contributed by atoms with Crippen molar-refractivity contribution in [3.05, 3.63) is 46.9 Å². The summed E-state index contributed by atoms with van der Waals surface area (Å²) in [6.07, 6.45) is 8.04. The van der Waals surface area contributed by atoms with E-state index >= 15 is 0 Å². The van der Waals surface area contributed by atoms with E-state index in [-0.39, 0.29) is 0 Å². The molecule has 0 amide bonds. The molecule has 1 aromatic carbocycles. The Bertz CT molecular complexity index is 566. The molecule has 1 heterocycles. The molecular weight excluding hydrogens is 244 g/mol. The van der Waals surface area contributed by atoms with E-state index < -0.39 is 0 Å². The van der Waals surface area contributed by atoms with Crippen molar-refractivity contribution in [1.29, 1.82) is 0 Å². The molecule has 0 saturated carbocycles. The van der Waals surface area contributed by atoms with Crippen LogP contribution in [0.2, 0.25) is 5.28 Å². The molecule has 0 radical (unpaired) electrons. The third kappa shape index (κ3) is 2.39. The Morgan fingerprint density at radius 2 is 1.78 bits per heavy atom. The number of hydrogen-bond acceptors (Lipinski definition) is 2. The number of aryl methyl sites for hydroxylation is 2. The minimum absolute atomic E-state index is 0.308. The topological polar surface area (TPSA) is 25.8 Å². The number of nitrogens with zero attached hydrogens (tertiary/aromatic N) is 2. The highest BCUT2D eigenvalue weighted by Gasteiger charge is 2.10. The van der Waals surface area contributed by atoms with Crippen LogP contribution in [0.1, 0.15) is 30.4 Å². The molecule has 2 nitrogen and oxygen atoms in total. The van der Waals surface area contributed by atoms with Crippen LogP contribution in [0.15, 0.2) is 30.5 Å². The second-order valence-corrected chi connectivity index (χ2v) is 5.09. The zero-order valence-corrected chi connectivity index (χ0v) is 11.0. The lowest BCUT2D eigenvalue weighted by Gasteiger charge is -2.08. The predicted octanol–water partition coefficient (Wildman–Crippen LogP) is 4.07. The van der Waals surface area contributed by atoms with Crippen molar-refractivity contribution < 1.29 is 0 Å². The molecule has 0 saturated heterocycles. The summed E-state index contributed by atoms with van der Waals surface area (Å²) in [6.45, 7) is 0. The second-order valence-electron chi connectivity index (χ2n) is 4.76. The van der Waals surface area contributed by atoms with Gasteiger partial charge in [-0.2, -0.15) is 0 Å². The molecular formula is C15H15ClN2. The first-order valence-corrected chi connectivity index (χ1v) is 6.81. The van der Waals surface area contributed by atoms with Crippen LogP contribution in [-0.4, -0.2) is 9.97 Å². The molecule has 1 aromatic heterocycles. The molecule has 0 bridgehead atoms. The molecule has 2 aromatic rings. The number of aromatic nitrogens is 2. The smallest absolute Gasteiger partial charge is 0.222 e. The maximum Gasteiger partial charge on any atom is 0.222 e. The Balaban J connectivity index is 2.01. The average Bonchev–Trinajstić information content (AvgIpc) is 2.63. The maximum absolute atomic E-state index is 5.84. The Morgan fingerprint density at radius 3 is 2.61 bits per heavy atom. The predicted molar refractivity (Wildman–Crippen MR) is 73.7 cm³/mol. The van der Waals surface area contributed by atoms with Crippen LogP contribution in [0.5, 0.6) is 0 Å². The first-order chi connectivity index (χ1) is 8.83. The molecule has 0 aliphatic heterocycles. The van der Waals surface area contributed by atoms with Crippen LogP contribution in [0.3, 0.4) is 0 Å². The number of halogens is 1. The highest BCUT2D eigenvalue weighted by atomic mass is 35.5. The number of hydrogen-bond donors (Lipinski definition) is 0. The van der Waals surface area contributed by atoms with E-state index in [4.69, 9.17) is 11.6 Å². The largest absolute Gasteiger partial charge is 0.226 e. The first kappa shape index (κ1) is 11.7. The Hall–Kier alpha value is -1.41. The molecule has 92 valence electrons. The lowest BCUT2D eigenvalue weighted by Crippen LogP contribution is -1.93. The van der Waals surface area contributed by atoms with Gasteiger partial charge in [-0.3, -0.25) is 0 Å². The van der Waals surface area contributed by atoms with Crippen molar-refractivity contribution >= 4 is 11.6 Å². The Morgan fingerprint density at radius 1 is 0.944 bits per heavy atom. The van der Waals surface area contributed by atoms with Crippen molar-refractivity contribution in [1.82, 2.24) is 9.97 Å². The zero-order chi connectivity index (χ0) is 12.4. The van der Waals surface area contributed by atoms with E-state index in [1.807, 2.05) is 6.07 Å². The molecule has 0 unspecified atom stereocenters. The summed E-state index contributed by atoms with van der Waals surface area (Å²) >= 11 is 5.84. The van der Waals surface area contributed by atoms with E-state index in [0.717, 1.165) is 11.3 Å². The van der Waals surface area contributed by atoms with E-state index in [1.165, 1.54) is 43.2 Å². The quantitative estimate of drug-likeness (QED) is 0.569. The second kappa shape index (κ2) is 5.07. The van der Waals surface area contributed by atoms with E-state index in [9.17, 15) is 0 Å². The Kier molecular flexibility index (Phi) is 3.28. The lowest BCUT2D eigenvalue weighted by atomic mass is 9.99. The Labute approximate surface area is 112 Å². The normalized spacial score (nSPS) is 14.9. The SMILES string of the molecule is Clc1nccc(-c2ccc3c(c2)CCCCC3)n1. The van der Waals surface area contributed by atoms with Gasteiger partial charge in [0.05, 0.1) is 5.69 Å². The van der Waals surface area contributed by atoms with Gasteiger partial charge in [-0.25, -0.2) is 9.97 Å². The maximum atomic E-state index is 5.84. The highest BCUT2D eigenvalue weighted by Crippen LogP contribution is 2.26. The van der Waals surface area contributed by atoms with Crippen molar-refractivity contribution in [3.63, 3.8) is 0 Å². The molecule has 1 aliphatic carbocycles. The molecule has 3 rings (SSSR count). The van der Waals surface area contributed by atoms with Gasteiger partial charge in [0.25, 0.3) is 0 Å². The van der Waals surface area contributed by atoms with Crippen LogP contribution in [0.25, 0.3) is 11.3 Å². The fraction of sp³-hybridized carbons (Fsp3) is 0.333. The highest BCUT2D eigenvalue weighted by molar-refractivity contribution is 6.28. The summed E-state index contributed by atoms with van der Waals surface area (Å²) in [6, 6.07) is 8.55. The van der Waals surface area contributed by atoms with Gasteiger partial charge in [-0.05, 0) is 60.5 Å². The fourth-order valence-electron chi connectivity index (χ4n) is 2.57. The van der Waals surface area contributed by atoms with Crippen molar-refractivity contribution in [2.75, 3.05) is 0 Å². The van der Waals surface area contributed by atoms with Gasteiger partial charge in [-0.1, -0.05) is 18.6 Å². The minimum atomic E-state index is 0.308. The van der Waals surface area contributed by atoms with E-state index in [2.05, 4.69) is 28.2 Å². The zero-order valence-electron chi connectivity index (χ0n) is 10.2. The van der Waals surface area contributed by atoms with Crippen LogP contribution in [0.4, 0.5) is 0 Å². The van der Waals surface area contributed by atoms with Crippen LogP contribution < -0.4 is 0 Å². The number of benzene rings is 1. The minimum Gasteiger partial charge on any atom is -0.226 e. The van der Waals surface area contributed by atoms with Gasteiger partial charge in [0.1, 0.15) is 0 Å². The number of rotatable bonds is 1. The summed E-state index contributed by atoms with van der Waals surface area (Å²) in [4.78, 5) is 8.19. The molecule has 18 heavy (non-hydrogen) atoms. The van der Waals surface area contributed by atoms with Gasteiger partial charge >= 0.3 is 0 Å². The number of fused-ring (bicyclic) bond motifs is 1. The third-order valence-corrected chi connectivity index (χ3v) is 3.70. The average molecular weight is 259 g/mol. The van der Waals surface area contributed by atoms with Gasteiger partial charge in [0.15, 0.2) is 0 Å². The molecule has 0 fully saturated rings. The lowest BCUT2D eigenvalue weighted by molar-refractivity contribution is 0.711. The first-order valence-electron chi connectivity index (χ1n) is 6.44. The van der Waals surface area contributed by atoms with Gasteiger partial charge < -0.3 is 0 Å². The molecule has 0 spiro atoms. The summed E-state index contributed by atoms with van der Waals surface area (Å²) in [5, 5.41) is 0.308. The van der Waals surface area contributed by atoms with Crippen LogP contribution >= 0.6 is 11.6 Å². The summed E-state index contributed by atoms with van der Waals surface area (Å²) < 4.78 is 0. The third-order valence-electron chi connectivity index (χ3n) is 3.52. The van der Waals surface area contributed by atoms with Crippen LogP contribution in [-0.2, 0) is 12.8 Å². The monoisotopic (exact) mass is 258 g/mol. The standard InChI is InChI=1S/C15H15ClN2/c16-15-17-9-8-14(18-15)13-7-6-11-4-2-1-3-5-12(11)10-13/h6-10H,1-5H2. The molecule has 3 heteroatoms. The van der Waals surface area contributed by atoms with Crippen molar-refractivity contribution in [2.24, 2.45) is 0 Å². The molecule has 0 N–H and O–H groups in total. The van der Waals surface area contributed by atoms with Crippen molar-refractivity contribution in [3.8, 4) is 11.3 Å². The van der Waals surface area contributed by atoms with Crippen molar-refractivity contribution in [2.45, 2.75) is 32.1 Å². The van der Waals surface area contributed by atoms with Gasteiger partial charge in [-0.15, -0.1) is 0 Å². The summed E-state index contributed by atoms with van der Waals surface area (Å²) in [5.74, 6) is 0. The summed E-state index contributed by atoms with van der Waals surface area (Å²) in [5.41, 5.74) is 5.01. The van der Waals surface area contributed by atoms with Crippen LogP contribution in [0, 0.1) is 0 Å². The van der Waals surface area contributed by atoms with Gasteiger partial charge in [0.2, 0.25) is 5.28 Å². The van der Waals surface area contributed by atoms with E-state index in [1.54, 1.807) is 6.20 Å². The van der Waals surface area contributed by atoms with Gasteiger partial charge in [0, 0.05) is 11.8 Å². The molecule has 1 aliphatic rings. The fourth-order valence-corrected chi connectivity index (χ4v) is 2.71. The molecule has 0 atom stereocenters. The summed E-state index contributed by atoms with van der Waals surface area (Å²) in [7, 11) is 0.